The van der Waals surface area contributed by atoms with Crippen LogP contribution in [0.4, 0.5) is 5.69 Å². The number of halogens is 2. The number of hydrogen-bond donors (Lipinski definition) is 1. The van der Waals surface area contributed by atoms with E-state index in [1.807, 2.05) is 30.3 Å². The van der Waals surface area contributed by atoms with Crippen molar-refractivity contribution in [3.63, 3.8) is 0 Å². The van der Waals surface area contributed by atoms with Crippen LogP contribution in [0.2, 0.25) is 10.0 Å². The van der Waals surface area contributed by atoms with Crippen LogP contribution in [0.15, 0.2) is 54.7 Å². The van der Waals surface area contributed by atoms with Crippen molar-refractivity contribution in [3.8, 4) is 11.9 Å². The first kappa shape index (κ1) is 24.2. The first-order valence-electron chi connectivity index (χ1n) is 10.8. The fraction of sp³-hybridized carbons (Fsp3) is 0.320. The Morgan fingerprint density at radius 3 is 2.59 bits per heavy atom. The molecule has 34 heavy (non-hydrogen) atoms. The highest BCUT2D eigenvalue weighted by molar-refractivity contribution is 6.31. The molecule has 1 N–H and O–H groups in total. The Bertz CT molecular complexity index is 1200. The van der Waals surface area contributed by atoms with Gasteiger partial charge in [-0.2, -0.15) is 10.2 Å². The minimum atomic E-state index is -1.28. The molecule has 0 saturated carbocycles. The highest BCUT2D eigenvalue weighted by Crippen LogP contribution is 2.35. The highest BCUT2D eigenvalue weighted by Gasteiger charge is 2.35. The van der Waals surface area contributed by atoms with Crippen LogP contribution in [-0.2, 0) is 5.60 Å². The zero-order chi connectivity index (χ0) is 24.3. The number of methoxy groups -OCH3 is 1. The number of β-amino-alcohol motifs (C(OH)–C–C–N with tert-alkyl or cyclic N) is 1. The molecule has 2 heterocycles. The number of rotatable bonds is 6. The predicted molar refractivity (Wildman–Crippen MR) is 132 cm³/mol. The van der Waals surface area contributed by atoms with Gasteiger partial charge in [0.2, 0.25) is 5.88 Å². The molecule has 4 rings (SSSR count). The van der Waals surface area contributed by atoms with E-state index in [0.717, 1.165) is 11.3 Å². The molecule has 0 bridgehead atoms. The van der Waals surface area contributed by atoms with Gasteiger partial charge in [-0.3, -0.25) is 4.90 Å². The van der Waals surface area contributed by atoms with Gasteiger partial charge in [0.15, 0.2) is 5.82 Å². The largest absolute Gasteiger partial charge is 0.481 e. The minimum Gasteiger partial charge on any atom is -0.481 e. The third-order valence-corrected chi connectivity index (χ3v) is 6.45. The van der Waals surface area contributed by atoms with E-state index in [2.05, 4.69) is 25.8 Å². The molecule has 176 valence electrons. The van der Waals surface area contributed by atoms with E-state index < -0.39 is 5.60 Å². The smallest absolute Gasteiger partial charge is 0.216 e. The maximum Gasteiger partial charge on any atom is 0.216 e. The van der Waals surface area contributed by atoms with E-state index >= 15 is 0 Å². The van der Waals surface area contributed by atoms with Crippen LogP contribution in [0, 0.1) is 11.3 Å². The molecule has 0 aliphatic carbocycles. The van der Waals surface area contributed by atoms with Crippen molar-refractivity contribution < 1.29 is 9.84 Å². The Hall–Kier alpha value is -2.89. The lowest BCUT2D eigenvalue weighted by Crippen LogP contribution is -2.52. The van der Waals surface area contributed by atoms with Gasteiger partial charge in [-0.25, -0.2) is 4.98 Å². The van der Waals surface area contributed by atoms with Crippen molar-refractivity contribution in [1.29, 1.82) is 5.26 Å². The zero-order valence-electron chi connectivity index (χ0n) is 18.9. The fourth-order valence-corrected chi connectivity index (χ4v) is 4.61. The molecule has 0 amide bonds. The molecule has 0 unspecified atom stereocenters. The van der Waals surface area contributed by atoms with Gasteiger partial charge in [0, 0.05) is 48.5 Å². The number of ether oxygens (including phenoxy) is 1. The van der Waals surface area contributed by atoms with E-state index in [0.29, 0.717) is 53.5 Å². The second-order valence-electron chi connectivity index (χ2n) is 8.47. The Morgan fingerprint density at radius 1 is 1.15 bits per heavy atom. The van der Waals surface area contributed by atoms with Gasteiger partial charge in [0.05, 0.1) is 24.4 Å². The molecule has 1 aliphatic heterocycles. The van der Waals surface area contributed by atoms with Gasteiger partial charge in [0.1, 0.15) is 11.7 Å². The molecule has 0 radical (unpaired) electrons. The van der Waals surface area contributed by atoms with Gasteiger partial charge < -0.3 is 14.7 Å². The summed E-state index contributed by atoms with van der Waals surface area (Å²) in [6.45, 7) is 3.99. The molecule has 1 saturated heterocycles. The number of benzene rings is 2. The molecule has 2 aromatic carbocycles. The average Bonchev–Trinajstić information content (AvgIpc) is 2.84. The van der Waals surface area contributed by atoms with Crippen LogP contribution in [0.1, 0.15) is 29.9 Å². The van der Waals surface area contributed by atoms with Crippen molar-refractivity contribution in [2.45, 2.75) is 18.6 Å². The molecular weight excluding hydrogens is 473 g/mol. The summed E-state index contributed by atoms with van der Waals surface area (Å²) in [5.41, 5.74) is 1.13. The molecule has 2 atom stereocenters. The third-order valence-electron chi connectivity index (χ3n) is 5.96. The number of aliphatic hydroxyl groups is 1. The summed E-state index contributed by atoms with van der Waals surface area (Å²) in [6.07, 6.45) is 1.58. The Balaban J connectivity index is 1.63. The van der Waals surface area contributed by atoms with E-state index in [1.54, 1.807) is 31.3 Å². The summed E-state index contributed by atoms with van der Waals surface area (Å²) in [7, 11) is 1.53. The van der Waals surface area contributed by atoms with Crippen LogP contribution in [0.3, 0.4) is 0 Å². The van der Waals surface area contributed by atoms with Gasteiger partial charge >= 0.3 is 0 Å². The normalized spacial score (nSPS) is 18.2. The van der Waals surface area contributed by atoms with Crippen LogP contribution in [-0.4, -0.2) is 53.3 Å². The summed E-state index contributed by atoms with van der Waals surface area (Å²) in [5, 5.41) is 22.1. The van der Waals surface area contributed by atoms with Crippen LogP contribution in [0.25, 0.3) is 0 Å². The van der Waals surface area contributed by atoms with Crippen molar-refractivity contribution in [2.75, 3.05) is 38.2 Å². The summed E-state index contributed by atoms with van der Waals surface area (Å²) < 4.78 is 5.19. The van der Waals surface area contributed by atoms with E-state index in [1.165, 1.54) is 7.11 Å². The van der Waals surface area contributed by atoms with Crippen molar-refractivity contribution in [2.24, 2.45) is 0 Å². The maximum absolute atomic E-state index is 11.2. The number of hydrogen-bond acceptors (Lipinski definition) is 7. The van der Waals surface area contributed by atoms with Crippen molar-refractivity contribution in [3.05, 3.63) is 81.7 Å². The first-order chi connectivity index (χ1) is 16.3. The predicted octanol–water partition coefficient (Wildman–Crippen LogP) is 4.43. The van der Waals surface area contributed by atoms with E-state index in [4.69, 9.17) is 27.9 Å². The molecule has 1 aliphatic rings. The number of anilines is 1. The quantitative estimate of drug-likeness (QED) is 0.538. The monoisotopic (exact) mass is 497 g/mol. The number of aromatic nitrogens is 2. The summed E-state index contributed by atoms with van der Waals surface area (Å²) in [6, 6.07) is 16.9. The SMILES string of the molecule is COc1ccnc([C@](C)(O)CN2CCN(c3ccc(Cl)cc3C#N)[C@H](c3ccc(Cl)cc3)C2)n1. The van der Waals surface area contributed by atoms with Crippen LogP contribution >= 0.6 is 23.2 Å². The number of nitrogens with zero attached hydrogens (tertiary/aromatic N) is 5. The van der Waals surface area contributed by atoms with Gasteiger partial charge in [-0.15, -0.1) is 0 Å². The van der Waals surface area contributed by atoms with Gasteiger partial charge in [-0.1, -0.05) is 35.3 Å². The molecule has 1 aromatic heterocycles. The minimum absolute atomic E-state index is 0.0682. The van der Waals surface area contributed by atoms with E-state index in [-0.39, 0.29) is 6.04 Å². The number of nitriles is 1. The van der Waals surface area contributed by atoms with Gasteiger partial charge in [-0.05, 0) is 42.8 Å². The maximum atomic E-state index is 11.2. The van der Waals surface area contributed by atoms with Crippen molar-refractivity contribution in [1.82, 2.24) is 14.9 Å². The van der Waals surface area contributed by atoms with Gasteiger partial charge in [0.25, 0.3) is 0 Å². The lowest BCUT2D eigenvalue weighted by molar-refractivity contribution is 0.00252. The summed E-state index contributed by atoms with van der Waals surface area (Å²) in [5.74, 6) is 0.711. The summed E-state index contributed by atoms with van der Waals surface area (Å²) >= 11 is 12.3. The summed E-state index contributed by atoms with van der Waals surface area (Å²) in [4.78, 5) is 13.0. The third kappa shape index (κ3) is 5.26. The first-order valence-corrected chi connectivity index (χ1v) is 11.6. The topological polar surface area (TPSA) is 85.5 Å². The Kier molecular flexibility index (Phi) is 7.24. The van der Waals surface area contributed by atoms with Crippen LogP contribution < -0.4 is 9.64 Å². The van der Waals surface area contributed by atoms with Crippen LogP contribution in [0.5, 0.6) is 5.88 Å². The molecular formula is C25H25Cl2N5O2. The Labute approximate surface area is 209 Å². The molecule has 1 fully saturated rings. The van der Waals surface area contributed by atoms with E-state index in [9.17, 15) is 10.4 Å². The second-order valence-corrected chi connectivity index (χ2v) is 9.34. The lowest BCUT2D eigenvalue weighted by Gasteiger charge is -2.45. The molecule has 0 spiro atoms. The van der Waals surface area contributed by atoms with Crippen molar-refractivity contribution >= 4 is 28.9 Å². The fourth-order valence-electron chi connectivity index (χ4n) is 4.31. The molecule has 9 heteroatoms. The second kappa shape index (κ2) is 10.2. The zero-order valence-corrected chi connectivity index (χ0v) is 20.5. The lowest BCUT2D eigenvalue weighted by atomic mass is 9.98. The standard InChI is InChI=1S/C25H25Cl2N5O2/c1-25(33,24-29-10-9-23(30-24)34-2)16-31-11-12-32(21-8-7-20(27)13-18(21)14-28)22(15-31)17-3-5-19(26)6-4-17/h3-10,13,22,33H,11-12,15-16H2,1-2H3/t22-,25+/m0/s1. The Morgan fingerprint density at radius 2 is 1.88 bits per heavy atom. The average molecular weight is 498 g/mol. The molecule has 3 aromatic rings. The molecule has 7 nitrogen and oxygen atoms in total. The highest BCUT2D eigenvalue weighted by atomic mass is 35.5. The number of piperazine rings is 1.